The number of aryl methyl sites for hydroxylation is 1. The second kappa shape index (κ2) is 7.13. The topological polar surface area (TPSA) is 38.3 Å². The molecule has 7 heteroatoms. The number of carbonyl (C=O) groups excluding carboxylic acids is 1. The SMILES string of the molecule is Cc1ccccc1O[C@H](C)C(=O)Nc1ccc(Cl)c(C(F)(F)F)c1. The van der Waals surface area contributed by atoms with Crippen LogP contribution in [0.5, 0.6) is 5.75 Å². The molecule has 0 saturated carbocycles. The number of hydrogen-bond acceptors (Lipinski definition) is 2. The molecular weight excluding hydrogens is 343 g/mol. The maximum absolute atomic E-state index is 12.8. The van der Waals surface area contributed by atoms with Crippen molar-refractivity contribution < 1.29 is 22.7 Å². The van der Waals surface area contributed by atoms with E-state index in [1.165, 1.54) is 13.0 Å². The maximum atomic E-state index is 12.8. The maximum Gasteiger partial charge on any atom is 0.417 e. The van der Waals surface area contributed by atoms with E-state index in [9.17, 15) is 18.0 Å². The predicted octanol–water partition coefficient (Wildman–Crippen LogP) is 5.07. The molecule has 128 valence electrons. The zero-order chi connectivity index (χ0) is 17.9. The molecule has 0 aliphatic rings. The van der Waals surface area contributed by atoms with Gasteiger partial charge >= 0.3 is 6.18 Å². The van der Waals surface area contributed by atoms with E-state index < -0.39 is 28.8 Å². The molecule has 0 unspecified atom stereocenters. The summed E-state index contributed by atoms with van der Waals surface area (Å²) in [5.74, 6) is -0.0269. The van der Waals surface area contributed by atoms with Crippen molar-refractivity contribution in [1.82, 2.24) is 0 Å². The molecule has 1 atom stereocenters. The van der Waals surface area contributed by atoms with Gasteiger partial charge in [0.05, 0.1) is 10.6 Å². The number of carbonyl (C=O) groups is 1. The third-order valence-corrected chi connectivity index (χ3v) is 3.64. The molecule has 0 heterocycles. The smallest absolute Gasteiger partial charge is 0.417 e. The third-order valence-electron chi connectivity index (χ3n) is 3.31. The van der Waals surface area contributed by atoms with Gasteiger partial charge in [-0.3, -0.25) is 4.79 Å². The number of halogens is 4. The molecule has 0 radical (unpaired) electrons. The van der Waals surface area contributed by atoms with Crippen LogP contribution < -0.4 is 10.1 Å². The number of rotatable bonds is 4. The van der Waals surface area contributed by atoms with Crippen molar-refractivity contribution in [3.05, 3.63) is 58.6 Å². The molecule has 0 aliphatic heterocycles. The highest BCUT2D eigenvalue weighted by atomic mass is 35.5. The average molecular weight is 358 g/mol. The lowest BCUT2D eigenvalue weighted by Crippen LogP contribution is -2.30. The standard InChI is InChI=1S/C17H15ClF3NO2/c1-10-5-3-4-6-15(10)24-11(2)16(23)22-12-7-8-14(18)13(9-12)17(19,20)21/h3-9,11H,1-2H3,(H,22,23)/t11-/m1/s1. The van der Waals surface area contributed by atoms with Gasteiger partial charge in [-0.15, -0.1) is 0 Å². The van der Waals surface area contributed by atoms with Crippen molar-refractivity contribution in [2.75, 3.05) is 5.32 Å². The van der Waals surface area contributed by atoms with Gasteiger partial charge in [0.15, 0.2) is 6.10 Å². The van der Waals surface area contributed by atoms with Gasteiger partial charge in [-0.05, 0) is 43.7 Å². The summed E-state index contributed by atoms with van der Waals surface area (Å²) in [6.07, 6.45) is -5.47. The number of nitrogens with one attached hydrogen (secondary N) is 1. The molecule has 0 saturated heterocycles. The average Bonchev–Trinajstić information content (AvgIpc) is 2.50. The van der Waals surface area contributed by atoms with Crippen molar-refractivity contribution in [3.63, 3.8) is 0 Å². The number of alkyl halides is 3. The number of amides is 1. The van der Waals surface area contributed by atoms with Gasteiger partial charge in [0.25, 0.3) is 5.91 Å². The van der Waals surface area contributed by atoms with Gasteiger partial charge in [-0.1, -0.05) is 29.8 Å². The van der Waals surface area contributed by atoms with Gasteiger partial charge in [-0.2, -0.15) is 13.2 Å². The first kappa shape index (κ1) is 18.1. The van der Waals surface area contributed by atoms with E-state index >= 15 is 0 Å². The third kappa shape index (κ3) is 4.41. The molecule has 0 aromatic heterocycles. The largest absolute Gasteiger partial charge is 0.481 e. The van der Waals surface area contributed by atoms with E-state index in [1.807, 2.05) is 19.1 Å². The summed E-state index contributed by atoms with van der Waals surface area (Å²) in [7, 11) is 0. The van der Waals surface area contributed by atoms with E-state index in [0.29, 0.717) is 5.75 Å². The van der Waals surface area contributed by atoms with Crippen molar-refractivity contribution >= 4 is 23.2 Å². The minimum absolute atomic E-state index is 0.00282. The van der Waals surface area contributed by atoms with Crippen LogP contribution >= 0.6 is 11.6 Å². The fraction of sp³-hybridized carbons (Fsp3) is 0.235. The highest BCUT2D eigenvalue weighted by molar-refractivity contribution is 6.31. The number of hydrogen-bond donors (Lipinski definition) is 1. The molecule has 1 amide bonds. The summed E-state index contributed by atoms with van der Waals surface area (Å²) < 4.78 is 44.0. The summed E-state index contributed by atoms with van der Waals surface area (Å²) in [6, 6.07) is 10.3. The Kier molecular flexibility index (Phi) is 5.39. The number of benzene rings is 2. The van der Waals surface area contributed by atoms with Crippen LogP contribution in [0, 0.1) is 6.92 Å². The molecule has 24 heavy (non-hydrogen) atoms. The molecule has 2 aromatic carbocycles. The van der Waals surface area contributed by atoms with Crippen LogP contribution in [0.1, 0.15) is 18.1 Å². The van der Waals surface area contributed by atoms with Crippen LogP contribution in [-0.4, -0.2) is 12.0 Å². The first-order valence-corrected chi connectivity index (χ1v) is 7.46. The van der Waals surface area contributed by atoms with Crippen molar-refractivity contribution in [2.24, 2.45) is 0 Å². The molecule has 0 spiro atoms. The van der Waals surface area contributed by atoms with Crippen LogP contribution in [-0.2, 0) is 11.0 Å². The first-order valence-electron chi connectivity index (χ1n) is 7.08. The number of ether oxygens (including phenoxy) is 1. The number of para-hydroxylation sites is 1. The Morgan fingerprint density at radius 2 is 1.88 bits per heavy atom. The van der Waals surface area contributed by atoms with Gasteiger partial charge in [0.2, 0.25) is 0 Å². The second-order valence-corrected chi connectivity index (χ2v) is 5.61. The van der Waals surface area contributed by atoms with E-state index in [1.54, 1.807) is 12.1 Å². The zero-order valence-corrected chi connectivity index (χ0v) is 13.7. The highest BCUT2D eigenvalue weighted by Gasteiger charge is 2.33. The summed E-state index contributed by atoms with van der Waals surface area (Å²) in [6.45, 7) is 3.34. The molecule has 2 rings (SSSR count). The quantitative estimate of drug-likeness (QED) is 0.829. The Morgan fingerprint density at radius 1 is 1.21 bits per heavy atom. The monoisotopic (exact) mass is 357 g/mol. The second-order valence-electron chi connectivity index (χ2n) is 5.21. The van der Waals surface area contributed by atoms with Gasteiger partial charge in [0, 0.05) is 5.69 Å². The van der Waals surface area contributed by atoms with Gasteiger partial charge in [-0.25, -0.2) is 0 Å². The van der Waals surface area contributed by atoms with E-state index in [2.05, 4.69) is 5.32 Å². The molecule has 1 N–H and O–H groups in total. The highest BCUT2D eigenvalue weighted by Crippen LogP contribution is 2.36. The van der Waals surface area contributed by atoms with Crippen LogP contribution in [0.4, 0.5) is 18.9 Å². The Balaban J connectivity index is 2.11. The molecule has 0 bridgehead atoms. The van der Waals surface area contributed by atoms with E-state index in [-0.39, 0.29) is 5.69 Å². The molecule has 0 aliphatic carbocycles. The summed E-state index contributed by atoms with van der Waals surface area (Å²) in [4.78, 5) is 12.1. The van der Waals surface area contributed by atoms with E-state index in [4.69, 9.17) is 16.3 Å². The Hall–Kier alpha value is -2.21. The van der Waals surface area contributed by atoms with E-state index in [0.717, 1.165) is 17.7 Å². The summed E-state index contributed by atoms with van der Waals surface area (Å²) in [5, 5.41) is 1.97. The Labute approximate surface area is 142 Å². The molecule has 0 fully saturated rings. The zero-order valence-electron chi connectivity index (χ0n) is 12.9. The first-order chi connectivity index (χ1) is 11.2. The van der Waals surface area contributed by atoms with Gasteiger partial charge in [0.1, 0.15) is 5.75 Å². The fourth-order valence-corrected chi connectivity index (χ4v) is 2.22. The van der Waals surface area contributed by atoms with Crippen LogP contribution in [0.3, 0.4) is 0 Å². The van der Waals surface area contributed by atoms with Crippen LogP contribution in [0.2, 0.25) is 5.02 Å². The lowest BCUT2D eigenvalue weighted by atomic mass is 10.2. The fourth-order valence-electron chi connectivity index (χ4n) is 2.00. The summed E-state index contributed by atoms with van der Waals surface area (Å²) >= 11 is 5.55. The van der Waals surface area contributed by atoms with Crippen LogP contribution in [0.25, 0.3) is 0 Å². The minimum atomic E-state index is -4.60. The molecule has 2 aromatic rings. The normalized spacial score (nSPS) is 12.6. The van der Waals surface area contributed by atoms with Crippen molar-refractivity contribution in [1.29, 1.82) is 0 Å². The minimum Gasteiger partial charge on any atom is -0.481 e. The Bertz CT molecular complexity index is 747. The Morgan fingerprint density at radius 3 is 2.50 bits per heavy atom. The molecule has 3 nitrogen and oxygen atoms in total. The lowest BCUT2D eigenvalue weighted by Gasteiger charge is -2.17. The predicted molar refractivity (Wildman–Crippen MR) is 86.4 cm³/mol. The molecular formula is C17H15ClF3NO2. The van der Waals surface area contributed by atoms with Gasteiger partial charge < -0.3 is 10.1 Å². The van der Waals surface area contributed by atoms with Crippen molar-refractivity contribution in [3.8, 4) is 5.75 Å². The summed E-state index contributed by atoms with van der Waals surface area (Å²) in [5.41, 5.74) is -0.158. The van der Waals surface area contributed by atoms with Crippen molar-refractivity contribution in [2.45, 2.75) is 26.1 Å². The van der Waals surface area contributed by atoms with Crippen LogP contribution in [0.15, 0.2) is 42.5 Å². The lowest BCUT2D eigenvalue weighted by molar-refractivity contribution is -0.137. The number of anilines is 1.